The molecule has 0 saturated carbocycles. The van der Waals surface area contributed by atoms with Crippen molar-refractivity contribution in [1.82, 2.24) is 4.90 Å². The molecule has 5 nitrogen and oxygen atoms in total. The highest BCUT2D eigenvalue weighted by atomic mass is 19.1. The molecule has 2 aromatic carbocycles. The van der Waals surface area contributed by atoms with E-state index < -0.39 is 12.0 Å². The summed E-state index contributed by atoms with van der Waals surface area (Å²) in [6, 6.07) is 12.3. The van der Waals surface area contributed by atoms with Crippen molar-refractivity contribution in [2.45, 2.75) is 18.6 Å². The first kappa shape index (κ1) is 17.2. The van der Waals surface area contributed by atoms with Crippen molar-refractivity contribution in [2.24, 2.45) is 0 Å². The van der Waals surface area contributed by atoms with Crippen molar-refractivity contribution < 1.29 is 23.8 Å². The number of likely N-dealkylation sites (tertiary alicyclic amines) is 1. The normalized spacial score (nSPS) is 18.7. The van der Waals surface area contributed by atoms with E-state index in [4.69, 9.17) is 9.47 Å². The maximum atomic E-state index is 13.3. The Kier molecular flexibility index (Phi) is 5.19. The summed E-state index contributed by atoms with van der Waals surface area (Å²) in [5, 5.41) is 9.69. The molecule has 2 unspecified atom stereocenters. The van der Waals surface area contributed by atoms with E-state index >= 15 is 0 Å². The standard InChI is InChI=1S/C19H20FNO4/c1-24-15-6-2-4-13(10-15)18(19(22)23)21-9-8-17(12-21)25-16-7-3-5-14(20)11-16/h2-7,10-11,17-18H,8-9,12H2,1H3,(H,22,23). The Labute approximate surface area is 145 Å². The van der Waals surface area contributed by atoms with E-state index in [1.54, 1.807) is 43.5 Å². The van der Waals surface area contributed by atoms with Gasteiger partial charge in [-0.15, -0.1) is 0 Å². The minimum absolute atomic E-state index is 0.172. The molecule has 132 valence electrons. The van der Waals surface area contributed by atoms with E-state index in [1.165, 1.54) is 12.1 Å². The number of hydrogen-bond acceptors (Lipinski definition) is 4. The largest absolute Gasteiger partial charge is 0.497 e. The number of rotatable bonds is 6. The van der Waals surface area contributed by atoms with E-state index in [1.807, 2.05) is 4.90 Å². The number of methoxy groups -OCH3 is 1. The van der Waals surface area contributed by atoms with Crippen LogP contribution in [0.25, 0.3) is 0 Å². The highest BCUT2D eigenvalue weighted by Gasteiger charge is 2.34. The molecule has 0 spiro atoms. The molecule has 0 radical (unpaired) electrons. The third kappa shape index (κ3) is 4.09. The van der Waals surface area contributed by atoms with Gasteiger partial charge in [-0.2, -0.15) is 0 Å². The first-order chi connectivity index (χ1) is 12.1. The quantitative estimate of drug-likeness (QED) is 0.872. The Hall–Kier alpha value is -2.60. The summed E-state index contributed by atoms with van der Waals surface area (Å²) in [5.74, 6) is -0.192. The van der Waals surface area contributed by atoms with E-state index in [0.29, 0.717) is 36.6 Å². The van der Waals surface area contributed by atoms with Crippen molar-refractivity contribution in [2.75, 3.05) is 20.2 Å². The first-order valence-corrected chi connectivity index (χ1v) is 8.10. The minimum Gasteiger partial charge on any atom is -0.497 e. The number of carbonyl (C=O) groups is 1. The molecule has 0 amide bonds. The Balaban J connectivity index is 1.72. The van der Waals surface area contributed by atoms with Crippen LogP contribution in [0.4, 0.5) is 4.39 Å². The lowest BCUT2D eigenvalue weighted by Gasteiger charge is -2.25. The second-order valence-electron chi connectivity index (χ2n) is 6.00. The average molecular weight is 345 g/mol. The van der Waals surface area contributed by atoms with Crippen LogP contribution in [0.5, 0.6) is 11.5 Å². The molecule has 1 N–H and O–H groups in total. The molecule has 3 rings (SSSR count). The van der Waals surface area contributed by atoms with Crippen LogP contribution in [-0.4, -0.2) is 42.3 Å². The smallest absolute Gasteiger partial charge is 0.325 e. The molecule has 1 saturated heterocycles. The second-order valence-corrected chi connectivity index (χ2v) is 6.00. The zero-order chi connectivity index (χ0) is 17.8. The lowest BCUT2D eigenvalue weighted by Crippen LogP contribution is -2.34. The third-order valence-electron chi connectivity index (χ3n) is 4.28. The van der Waals surface area contributed by atoms with Gasteiger partial charge in [0, 0.05) is 19.2 Å². The fourth-order valence-corrected chi connectivity index (χ4v) is 3.14. The molecule has 1 fully saturated rings. The summed E-state index contributed by atoms with van der Waals surface area (Å²) in [4.78, 5) is 13.7. The van der Waals surface area contributed by atoms with Gasteiger partial charge in [0.15, 0.2) is 0 Å². The predicted octanol–water partition coefficient (Wildman–Crippen LogP) is 3.11. The maximum absolute atomic E-state index is 13.3. The monoisotopic (exact) mass is 345 g/mol. The fourth-order valence-electron chi connectivity index (χ4n) is 3.14. The van der Waals surface area contributed by atoms with Gasteiger partial charge in [0.05, 0.1) is 7.11 Å². The molecule has 0 bridgehead atoms. The van der Waals surface area contributed by atoms with Crippen molar-refractivity contribution in [3.05, 3.63) is 59.9 Å². The van der Waals surface area contributed by atoms with Gasteiger partial charge < -0.3 is 14.6 Å². The van der Waals surface area contributed by atoms with E-state index in [0.717, 1.165) is 0 Å². The molecule has 1 aliphatic heterocycles. The first-order valence-electron chi connectivity index (χ1n) is 8.10. The molecule has 1 heterocycles. The van der Waals surface area contributed by atoms with Crippen LogP contribution in [0, 0.1) is 5.82 Å². The minimum atomic E-state index is -0.917. The molecule has 2 atom stereocenters. The summed E-state index contributed by atoms with van der Waals surface area (Å²) >= 11 is 0. The van der Waals surface area contributed by atoms with Crippen molar-refractivity contribution in [3.8, 4) is 11.5 Å². The number of carboxylic acid groups (broad SMARTS) is 1. The molecule has 1 aliphatic rings. The van der Waals surface area contributed by atoms with Crippen LogP contribution in [0.15, 0.2) is 48.5 Å². The van der Waals surface area contributed by atoms with Gasteiger partial charge >= 0.3 is 5.97 Å². The Morgan fingerprint density at radius 2 is 2.00 bits per heavy atom. The van der Waals surface area contributed by atoms with E-state index in [2.05, 4.69) is 0 Å². The van der Waals surface area contributed by atoms with Crippen LogP contribution in [0.2, 0.25) is 0 Å². The van der Waals surface area contributed by atoms with Gasteiger partial charge in [0.1, 0.15) is 29.5 Å². The van der Waals surface area contributed by atoms with Gasteiger partial charge in [-0.3, -0.25) is 9.69 Å². The number of carboxylic acids is 1. The van der Waals surface area contributed by atoms with Gasteiger partial charge in [-0.25, -0.2) is 4.39 Å². The number of hydrogen-bond donors (Lipinski definition) is 1. The number of halogens is 1. The molecular weight excluding hydrogens is 325 g/mol. The second kappa shape index (κ2) is 7.53. The van der Waals surface area contributed by atoms with Crippen LogP contribution in [-0.2, 0) is 4.79 Å². The van der Waals surface area contributed by atoms with Gasteiger partial charge in [-0.1, -0.05) is 18.2 Å². The van der Waals surface area contributed by atoms with Crippen LogP contribution >= 0.6 is 0 Å². The number of benzene rings is 2. The van der Waals surface area contributed by atoms with Crippen molar-refractivity contribution in [3.63, 3.8) is 0 Å². The zero-order valence-corrected chi connectivity index (χ0v) is 13.9. The molecule has 0 aromatic heterocycles. The summed E-state index contributed by atoms with van der Waals surface area (Å²) in [6.45, 7) is 1.05. The van der Waals surface area contributed by atoms with E-state index in [9.17, 15) is 14.3 Å². The number of ether oxygens (including phenoxy) is 2. The SMILES string of the molecule is COc1cccc(C(C(=O)O)N2CCC(Oc3cccc(F)c3)C2)c1. The van der Waals surface area contributed by atoms with E-state index in [-0.39, 0.29) is 11.9 Å². The molecule has 0 aliphatic carbocycles. The van der Waals surface area contributed by atoms with Gasteiger partial charge in [0.25, 0.3) is 0 Å². The molecule has 25 heavy (non-hydrogen) atoms. The number of aliphatic carboxylic acids is 1. The predicted molar refractivity (Wildman–Crippen MR) is 90.4 cm³/mol. The highest BCUT2D eigenvalue weighted by Crippen LogP contribution is 2.29. The maximum Gasteiger partial charge on any atom is 0.325 e. The summed E-state index contributed by atoms with van der Waals surface area (Å²) < 4.78 is 24.2. The third-order valence-corrected chi connectivity index (χ3v) is 4.28. The Morgan fingerprint density at radius 3 is 2.72 bits per heavy atom. The zero-order valence-electron chi connectivity index (χ0n) is 13.9. The van der Waals surface area contributed by atoms with Crippen LogP contribution in [0.1, 0.15) is 18.0 Å². The Bertz CT molecular complexity index is 752. The van der Waals surface area contributed by atoms with Gasteiger partial charge in [0.2, 0.25) is 0 Å². The fraction of sp³-hybridized carbons (Fsp3) is 0.316. The lowest BCUT2D eigenvalue weighted by atomic mass is 10.1. The Morgan fingerprint density at radius 1 is 1.24 bits per heavy atom. The highest BCUT2D eigenvalue weighted by molar-refractivity contribution is 5.75. The van der Waals surface area contributed by atoms with Crippen LogP contribution < -0.4 is 9.47 Å². The molecular formula is C19H20FNO4. The lowest BCUT2D eigenvalue weighted by molar-refractivity contribution is -0.143. The number of nitrogens with zero attached hydrogens (tertiary/aromatic N) is 1. The summed E-state index contributed by atoms with van der Waals surface area (Å²) in [5.41, 5.74) is 0.665. The van der Waals surface area contributed by atoms with Crippen LogP contribution in [0.3, 0.4) is 0 Å². The molecule has 2 aromatic rings. The van der Waals surface area contributed by atoms with Crippen molar-refractivity contribution >= 4 is 5.97 Å². The summed E-state index contributed by atoms with van der Waals surface area (Å²) in [7, 11) is 1.55. The topological polar surface area (TPSA) is 59.0 Å². The summed E-state index contributed by atoms with van der Waals surface area (Å²) in [6.07, 6.45) is 0.513. The van der Waals surface area contributed by atoms with Gasteiger partial charge in [-0.05, 0) is 36.2 Å². The van der Waals surface area contributed by atoms with Crippen molar-refractivity contribution in [1.29, 1.82) is 0 Å². The average Bonchev–Trinajstić information content (AvgIpc) is 3.03. The molecule has 6 heteroatoms.